The molecule has 0 amide bonds. The largest absolute Gasteiger partial charge is 0.465 e. The fourth-order valence-electron chi connectivity index (χ4n) is 3.43. The number of hydrogen-bond acceptors (Lipinski definition) is 5. The lowest BCUT2D eigenvalue weighted by Crippen LogP contribution is -2.49. The highest BCUT2D eigenvalue weighted by Crippen LogP contribution is 2.30. The van der Waals surface area contributed by atoms with Gasteiger partial charge >= 0.3 is 5.97 Å². The minimum absolute atomic E-state index is 0.0357. The lowest BCUT2D eigenvalue weighted by Gasteiger charge is -2.34. The Morgan fingerprint density at radius 3 is 2.54 bits per heavy atom. The average molecular weight is 404 g/mol. The number of aliphatic hydroxyl groups excluding tert-OH is 1. The van der Waals surface area contributed by atoms with Gasteiger partial charge in [-0.15, -0.1) is 0 Å². The topological polar surface area (TPSA) is 83.9 Å². The second-order valence-electron chi connectivity index (χ2n) is 6.91. The van der Waals surface area contributed by atoms with Crippen molar-refractivity contribution < 1.29 is 23.1 Å². The Balaban J connectivity index is 2.02. The maximum atomic E-state index is 13.3. The number of rotatable bonds is 6. The average Bonchev–Trinajstić information content (AvgIpc) is 2.67. The van der Waals surface area contributed by atoms with Crippen molar-refractivity contribution in [1.29, 1.82) is 0 Å². The number of sulfonamides is 1. The lowest BCUT2D eigenvalue weighted by molar-refractivity contribution is -0.148. The van der Waals surface area contributed by atoms with E-state index in [0.717, 1.165) is 22.3 Å². The van der Waals surface area contributed by atoms with E-state index < -0.39 is 22.0 Å². The van der Waals surface area contributed by atoms with Crippen LogP contribution in [0.25, 0.3) is 0 Å². The van der Waals surface area contributed by atoms with Gasteiger partial charge in [-0.3, -0.25) is 4.79 Å². The monoisotopic (exact) mass is 403 g/mol. The molecule has 7 heteroatoms. The van der Waals surface area contributed by atoms with E-state index in [1.54, 1.807) is 31.2 Å². The summed E-state index contributed by atoms with van der Waals surface area (Å²) in [6.07, 6.45) is 0.765. The first-order chi connectivity index (χ1) is 13.4. The Morgan fingerprint density at radius 2 is 1.89 bits per heavy atom. The van der Waals surface area contributed by atoms with E-state index >= 15 is 0 Å². The van der Waals surface area contributed by atoms with Crippen LogP contribution in [-0.2, 0) is 38.9 Å². The van der Waals surface area contributed by atoms with E-state index in [1.165, 1.54) is 4.31 Å². The van der Waals surface area contributed by atoms with Crippen LogP contribution in [0.2, 0.25) is 0 Å². The zero-order valence-corrected chi connectivity index (χ0v) is 16.9. The van der Waals surface area contributed by atoms with E-state index in [1.807, 2.05) is 25.1 Å². The van der Waals surface area contributed by atoms with Crippen molar-refractivity contribution in [2.24, 2.45) is 0 Å². The summed E-state index contributed by atoms with van der Waals surface area (Å²) in [7, 11) is -3.86. The highest BCUT2D eigenvalue weighted by molar-refractivity contribution is 7.89. The van der Waals surface area contributed by atoms with Gasteiger partial charge in [-0.25, -0.2) is 8.42 Å². The van der Waals surface area contributed by atoms with Gasteiger partial charge in [-0.2, -0.15) is 4.31 Å². The van der Waals surface area contributed by atoms with Gasteiger partial charge in [0, 0.05) is 19.6 Å². The molecule has 1 aliphatic rings. The van der Waals surface area contributed by atoms with Crippen molar-refractivity contribution in [3.05, 3.63) is 64.7 Å². The molecule has 1 atom stereocenters. The minimum atomic E-state index is -3.86. The summed E-state index contributed by atoms with van der Waals surface area (Å²) in [5.74, 6) is -0.545. The highest BCUT2D eigenvalue weighted by atomic mass is 32.2. The summed E-state index contributed by atoms with van der Waals surface area (Å²) >= 11 is 0. The Kier molecular flexibility index (Phi) is 6.17. The van der Waals surface area contributed by atoms with Crippen LogP contribution in [0.1, 0.15) is 29.2 Å². The molecule has 0 spiro atoms. The molecule has 1 unspecified atom stereocenters. The second kappa shape index (κ2) is 8.43. The molecule has 6 nitrogen and oxygen atoms in total. The van der Waals surface area contributed by atoms with Crippen LogP contribution in [0, 0.1) is 6.92 Å². The number of aryl methyl sites for hydroxylation is 1. The van der Waals surface area contributed by atoms with Gasteiger partial charge in [0.25, 0.3) is 0 Å². The molecule has 0 bridgehead atoms. The number of aliphatic hydroxyl groups is 1. The first-order valence-electron chi connectivity index (χ1n) is 9.33. The summed E-state index contributed by atoms with van der Waals surface area (Å²) in [5.41, 5.74) is 3.69. The molecule has 1 aliphatic heterocycles. The summed E-state index contributed by atoms with van der Waals surface area (Å²) in [6, 6.07) is 11.4. The Morgan fingerprint density at radius 1 is 1.18 bits per heavy atom. The third-order valence-electron chi connectivity index (χ3n) is 4.94. The minimum Gasteiger partial charge on any atom is -0.465 e. The molecule has 2 aromatic carbocycles. The SMILES string of the molecule is CCOC(=O)C1Cc2cc(CCO)ccc2CN1S(=O)(=O)c1ccc(C)cc1. The summed E-state index contributed by atoms with van der Waals surface area (Å²) < 4.78 is 33.0. The van der Waals surface area contributed by atoms with Gasteiger partial charge in [-0.05, 0) is 49.1 Å². The number of esters is 1. The first-order valence-corrected chi connectivity index (χ1v) is 10.8. The van der Waals surface area contributed by atoms with Crippen molar-refractivity contribution >= 4 is 16.0 Å². The summed E-state index contributed by atoms with van der Waals surface area (Å²) in [5, 5.41) is 9.17. The van der Waals surface area contributed by atoms with Crippen molar-refractivity contribution in [2.45, 2.75) is 44.2 Å². The van der Waals surface area contributed by atoms with Crippen molar-refractivity contribution in [1.82, 2.24) is 4.31 Å². The summed E-state index contributed by atoms with van der Waals surface area (Å²) in [6.45, 7) is 3.92. The number of benzene rings is 2. The van der Waals surface area contributed by atoms with Crippen LogP contribution in [-0.4, -0.2) is 43.1 Å². The first kappa shape index (κ1) is 20.5. The molecule has 0 aromatic heterocycles. The van der Waals surface area contributed by atoms with E-state index in [2.05, 4.69) is 0 Å². The summed E-state index contributed by atoms with van der Waals surface area (Å²) in [4.78, 5) is 12.8. The molecular formula is C21H25NO5S. The van der Waals surface area contributed by atoms with Gasteiger partial charge in [0.1, 0.15) is 6.04 Å². The van der Waals surface area contributed by atoms with Gasteiger partial charge in [-0.1, -0.05) is 35.9 Å². The predicted molar refractivity (Wildman–Crippen MR) is 105 cm³/mol. The van der Waals surface area contributed by atoms with Crippen LogP contribution in [0.5, 0.6) is 0 Å². The number of carbonyl (C=O) groups is 1. The quantitative estimate of drug-likeness (QED) is 0.748. The Labute approximate surface area is 165 Å². The van der Waals surface area contributed by atoms with Crippen LogP contribution < -0.4 is 0 Å². The number of carbonyl (C=O) groups excluding carboxylic acids is 1. The molecule has 3 rings (SSSR count). The van der Waals surface area contributed by atoms with Crippen molar-refractivity contribution in [3.8, 4) is 0 Å². The van der Waals surface area contributed by atoms with Crippen LogP contribution in [0.4, 0.5) is 0 Å². The van der Waals surface area contributed by atoms with Gasteiger partial charge < -0.3 is 9.84 Å². The third-order valence-corrected chi connectivity index (χ3v) is 6.81. The van der Waals surface area contributed by atoms with Crippen LogP contribution >= 0.6 is 0 Å². The Bertz CT molecular complexity index is 953. The number of hydrogen-bond donors (Lipinski definition) is 1. The number of fused-ring (bicyclic) bond motifs is 1. The molecule has 150 valence electrons. The zero-order chi connectivity index (χ0) is 20.3. The standard InChI is InChI=1S/C21H25NO5S/c1-3-27-21(24)20-13-18-12-16(10-11-23)6-7-17(18)14-22(20)28(25,26)19-8-4-15(2)5-9-19/h4-9,12,20,23H,3,10-11,13-14H2,1-2H3. The molecule has 0 saturated carbocycles. The molecule has 0 radical (unpaired) electrons. The molecule has 0 aliphatic carbocycles. The third kappa shape index (κ3) is 4.11. The van der Waals surface area contributed by atoms with Crippen molar-refractivity contribution in [2.75, 3.05) is 13.2 Å². The van der Waals surface area contributed by atoms with Gasteiger partial charge in [0.05, 0.1) is 11.5 Å². The second-order valence-corrected chi connectivity index (χ2v) is 8.80. The van der Waals surface area contributed by atoms with E-state index in [-0.39, 0.29) is 31.1 Å². The number of ether oxygens (including phenoxy) is 1. The fourth-order valence-corrected chi connectivity index (χ4v) is 4.99. The van der Waals surface area contributed by atoms with Crippen molar-refractivity contribution in [3.63, 3.8) is 0 Å². The smallest absolute Gasteiger partial charge is 0.324 e. The fraction of sp³-hybridized carbons (Fsp3) is 0.381. The van der Waals surface area contributed by atoms with E-state index in [0.29, 0.717) is 6.42 Å². The molecular weight excluding hydrogens is 378 g/mol. The zero-order valence-electron chi connectivity index (χ0n) is 16.1. The maximum Gasteiger partial charge on any atom is 0.324 e. The van der Waals surface area contributed by atoms with E-state index in [9.17, 15) is 13.2 Å². The molecule has 1 N–H and O–H groups in total. The normalized spacial score (nSPS) is 17.2. The highest BCUT2D eigenvalue weighted by Gasteiger charge is 2.40. The molecule has 28 heavy (non-hydrogen) atoms. The van der Waals surface area contributed by atoms with E-state index in [4.69, 9.17) is 9.84 Å². The molecule has 0 saturated heterocycles. The van der Waals surface area contributed by atoms with Gasteiger partial charge in [0.2, 0.25) is 10.0 Å². The van der Waals surface area contributed by atoms with Gasteiger partial charge in [0.15, 0.2) is 0 Å². The van der Waals surface area contributed by atoms with Crippen LogP contribution in [0.3, 0.4) is 0 Å². The predicted octanol–water partition coefficient (Wildman–Crippen LogP) is 2.21. The number of nitrogens with zero attached hydrogens (tertiary/aromatic N) is 1. The maximum absolute atomic E-state index is 13.3. The van der Waals surface area contributed by atoms with Crippen LogP contribution in [0.15, 0.2) is 47.4 Å². The Hall–Kier alpha value is -2.22. The lowest BCUT2D eigenvalue weighted by atomic mass is 9.93. The molecule has 0 fully saturated rings. The molecule has 1 heterocycles. The molecule has 2 aromatic rings.